The Morgan fingerprint density at radius 3 is 2.30 bits per heavy atom. The number of alkyl carbamates (subject to hydrolysis) is 1. The second kappa shape index (κ2) is 12.1. The zero-order valence-corrected chi connectivity index (χ0v) is 20.3. The minimum absolute atomic E-state index is 0.0882. The maximum Gasteiger partial charge on any atom is 0.408 e. The highest BCUT2D eigenvalue weighted by Crippen LogP contribution is 2.28. The van der Waals surface area contributed by atoms with Gasteiger partial charge in [0.25, 0.3) is 0 Å². The maximum atomic E-state index is 13.5. The van der Waals surface area contributed by atoms with E-state index in [2.05, 4.69) is 15.4 Å². The molecule has 0 bridgehead atoms. The van der Waals surface area contributed by atoms with Crippen LogP contribution >= 0.6 is 0 Å². The molecule has 1 aromatic carbocycles. The van der Waals surface area contributed by atoms with Crippen LogP contribution in [0.25, 0.3) is 0 Å². The fraction of sp³-hybridized carbons (Fsp3) is 0.565. The zero-order chi connectivity index (χ0) is 25.3. The van der Waals surface area contributed by atoms with Crippen LogP contribution < -0.4 is 10.6 Å². The van der Waals surface area contributed by atoms with E-state index in [-0.39, 0.29) is 12.3 Å². The van der Waals surface area contributed by atoms with E-state index in [1.165, 1.54) is 31.1 Å². The summed E-state index contributed by atoms with van der Waals surface area (Å²) in [4.78, 5) is 51.7. The summed E-state index contributed by atoms with van der Waals surface area (Å²) >= 11 is 0. The molecular formula is C23H35N3O7. The first-order valence-electron chi connectivity index (χ1n) is 10.8. The van der Waals surface area contributed by atoms with E-state index in [1.807, 2.05) is 6.92 Å². The zero-order valence-electron chi connectivity index (χ0n) is 20.3. The highest BCUT2D eigenvalue weighted by molar-refractivity contribution is 5.93. The number of benzene rings is 1. The molecule has 0 aliphatic rings. The molecule has 0 radical (unpaired) electrons. The Labute approximate surface area is 194 Å². The number of phenols is 1. The number of carbonyl (C=O) groups excluding carboxylic acids is 4. The Balaban J connectivity index is 3.33. The number of phenolic OH excluding ortho intramolecular Hbond substituents is 1. The molecular weight excluding hydrogens is 430 g/mol. The van der Waals surface area contributed by atoms with Gasteiger partial charge in [-0.15, -0.1) is 0 Å². The quantitative estimate of drug-likeness (QED) is 0.476. The largest absolute Gasteiger partial charge is 0.508 e. The van der Waals surface area contributed by atoms with Crippen LogP contribution in [-0.4, -0.2) is 65.2 Å². The lowest BCUT2D eigenvalue weighted by Gasteiger charge is -2.37. The van der Waals surface area contributed by atoms with Gasteiger partial charge in [0.05, 0.1) is 7.11 Å². The lowest BCUT2D eigenvalue weighted by atomic mass is 10.00. The average Bonchev–Trinajstić information content (AvgIpc) is 2.72. The molecule has 0 aliphatic carbocycles. The lowest BCUT2D eigenvalue weighted by Crippen LogP contribution is -2.54. The van der Waals surface area contributed by atoms with Gasteiger partial charge in [0.1, 0.15) is 30.0 Å². The summed E-state index contributed by atoms with van der Waals surface area (Å²) < 4.78 is 9.79. The molecule has 0 saturated carbocycles. The van der Waals surface area contributed by atoms with E-state index in [0.29, 0.717) is 12.0 Å². The van der Waals surface area contributed by atoms with Gasteiger partial charge in [0.2, 0.25) is 11.8 Å². The summed E-state index contributed by atoms with van der Waals surface area (Å²) in [6, 6.07) is 3.35. The molecule has 0 heterocycles. The SMILES string of the molecule is CCC(C)N(C(=O)C(C)NC(=O)OC(C)(C)C)C(C(=O)NCC(=O)OC)c1cccc(O)c1. The maximum absolute atomic E-state index is 13.5. The number of amides is 3. The summed E-state index contributed by atoms with van der Waals surface area (Å²) in [5.41, 5.74) is -0.406. The molecule has 1 aromatic rings. The molecule has 10 heteroatoms. The van der Waals surface area contributed by atoms with Crippen LogP contribution in [0, 0.1) is 0 Å². The van der Waals surface area contributed by atoms with Crippen molar-refractivity contribution in [2.45, 2.75) is 71.7 Å². The van der Waals surface area contributed by atoms with Crippen molar-refractivity contribution in [2.75, 3.05) is 13.7 Å². The molecule has 0 spiro atoms. The highest BCUT2D eigenvalue weighted by Gasteiger charge is 2.37. The lowest BCUT2D eigenvalue weighted by molar-refractivity contribution is -0.146. The van der Waals surface area contributed by atoms with Gasteiger partial charge in [-0.25, -0.2) is 4.79 Å². The van der Waals surface area contributed by atoms with Crippen LogP contribution in [-0.2, 0) is 23.9 Å². The molecule has 1 rings (SSSR count). The predicted molar refractivity (Wildman–Crippen MR) is 121 cm³/mol. The number of hydrogen-bond acceptors (Lipinski definition) is 7. The van der Waals surface area contributed by atoms with Gasteiger partial charge < -0.3 is 30.1 Å². The van der Waals surface area contributed by atoms with Crippen LogP contribution in [0.3, 0.4) is 0 Å². The molecule has 0 aromatic heterocycles. The van der Waals surface area contributed by atoms with E-state index in [1.54, 1.807) is 39.8 Å². The molecule has 0 aliphatic heterocycles. The first-order valence-corrected chi connectivity index (χ1v) is 10.8. The van der Waals surface area contributed by atoms with Gasteiger partial charge in [0.15, 0.2) is 0 Å². The third kappa shape index (κ3) is 8.63. The molecule has 3 atom stereocenters. The first-order chi connectivity index (χ1) is 15.3. The van der Waals surface area contributed by atoms with Crippen LogP contribution in [0.15, 0.2) is 24.3 Å². The first kappa shape index (κ1) is 27.7. The van der Waals surface area contributed by atoms with Crippen molar-refractivity contribution < 1.29 is 33.8 Å². The molecule has 10 nitrogen and oxygen atoms in total. The topological polar surface area (TPSA) is 134 Å². The highest BCUT2D eigenvalue weighted by atomic mass is 16.6. The number of hydrogen-bond donors (Lipinski definition) is 3. The Bertz CT molecular complexity index is 851. The number of nitrogens with one attached hydrogen (secondary N) is 2. The summed E-state index contributed by atoms with van der Waals surface area (Å²) in [6.45, 7) is 9.83. The fourth-order valence-electron chi connectivity index (χ4n) is 3.03. The second-order valence-corrected chi connectivity index (χ2v) is 8.66. The molecule has 0 fully saturated rings. The van der Waals surface area contributed by atoms with Gasteiger partial charge in [-0.2, -0.15) is 0 Å². The monoisotopic (exact) mass is 465 g/mol. The minimum atomic E-state index is -1.17. The van der Waals surface area contributed by atoms with Gasteiger partial charge >= 0.3 is 12.1 Å². The van der Waals surface area contributed by atoms with E-state index in [0.717, 1.165) is 0 Å². The third-order valence-electron chi connectivity index (χ3n) is 4.77. The smallest absolute Gasteiger partial charge is 0.408 e. The molecule has 3 unspecified atom stereocenters. The third-order valence-corrected chi connectivity index (χ3v) is 4.77. The summed E-state index contributed by atoms with van der Waals surface area (Å²) in [6.07, 6.45) is -0.263. The number of aromatic hydroxyl groups is 1. The standard InChI is InChI=1S/C23H35N3O7/c1-8-14(2)26(21(30)15(3)25-22(31)33-23(4,5)6)19(16-10-9-11-17(27)12-16)20(29)24-13-18(28)32-7/h9-12,14-15,19,27H,8,13H2,1-7H3,(H,24,29)(H,25,31). The van der Waals surface area contributed by atoms with Gasteiger partial charge in [-0.05, 0) is 58.7 Å². The van der Waals surface area contributed by atoms with E-state index in [9.17, 15) is 24.3 Å². The predicted octanol–water partition coefficient (Wildman–Crippen LogP) is 2.26. The van der Waals surface area contributed by atoms with Gasteiger partial charge in [0, 0.05) is 6.04 Å². The van der Waals surface area contributed by atoms with Crippen molar-refractivity contribution in [3.05, 3.63) is 29.8 Å². The Hall–Kier alpha value is -3.30. The van der Waals surface area contributed by atoms with Crippen LogP contribution in [0.1, 0.15) is 59.6 Å². The van der Waals surface area contributed by atoms with Crippen molar-refractivity contribution in [1.29, 1.82) is 0 Å². The fourth-order valence-corrected chi connectivity index (χ4v) is 3.03. The Kier molecular flexibility index (Phi) is 10.2. The van der Waals surface area contributed by atoms with Crippen molar-refractivity contribution in [2.24, 2.45) is 0 Å². The summed E-state index contributed by atoms with van der Waals surface area (Å²) in [5.74, 6) is -1.91. The number of esters is 1. The van der Waals surface area contributed by atoms with Gasteiger partial charge in [-0.3, -0.25) is 14.4 Å². The second-order valence-electron chi connectivity index (χ2n) is 8.66. The summed E-state index contributed by atoms with van der Waals surface area (Å²) in [7, 11) is 1.19. The van der Waals surface area contributed by atoms with Crippen molar-refractivity contribution in [3.63, 3.8) is 0 Å². The van der Waals surface area contributed by atoms with Crippen LogP contribution in [0.5, 0.6) is 5.75 Å². The molecule has 0 saturated heterocycles. The number of rotatable bonds is 9. The van der Waals surface area contributed by atoms with Crippen LogP contribution in [0.4, 0.5) is 4.79 Å². The number of carbonyl (C=O) groups is 4. The minimum Gasteiger partial charge on any atom is -0.508 e. The normalized spacial score (nSPS) is 13.8. The number of nitrogens with zero attached hydrogens (tertiary/aromatic N) is 1. The average molecular weight is 466 g/mol. The molecule has 3 amide bonds. The van der Waals surface area contributed by atoms with Crippen molar-refractivity contribution >= 4 is 23.9 Å². The van der Waals surface area contributed by atoms with Gasteiger partial charge in [-0.1, -0.05) is 19.1 Å². The van der Waals surface area contributed by atoms with E-state index in [4.69, 9.17) is 4.74 Å². The Morgan fingerprint density at radius 2 is 1.79 bits per heavy atom. The molecule has 33 heavy (non-hydrogen) atoms. The van der Waals surface area contributed by atoms with Crippen molar-refractivity contribution in [1.82, 2.24) is 15.5 Å². The van der Waals surface area contributed by atoms with Crippen LogP contribution in [0.2, 0.25) is 0 Å². The number of methoxy groups -OCH3 is 1. The number of ether oxygens (including phenoxy) is 2. The van der Waals surface area contributed by atoms with Crippen molar-refractivity contribution in [3.8, 4) is 5.75 Å². The Morgan fingerprint density at radius 1 is 1.15 bits per heavy atom. The van der Waals surface area contributed by atoms with E-state index >= 15 is 0 Å². The molecule has 3 N–H and O–H groups in total. The van der Waals surface area contributed by atoms with E-state index < -0.39 is 47.6 Å². The molecule has 184 valence electrons. The summed E-state index contributed by atoms with van der Waals surface area (Å²) in [5, 5.41) is 14.9.